The minimum Gasteiger partial charge on any atom is -0.480 e. The van der Waals surface area contributed by atoms with Crippen LogP contribution in [0.1, 0.15) is 31.0 Å². The van der Waals surface area contributed by atoms with Crippen LogP contribution in [0.5, 0.6) is 0 Å². The molecule has 0 bridgehead atoms. The van der Waals surface area contributed by atoms with Crippen molar-refractivity contribution in [2.24, 2.45) is 0 Å². The Morgan fingerprint density at radius 2 is 1.90 bits per heavy atom. The molecule has 8 heteroatoms. The lowest BCUT2D eigenvalue weighted by Gasteiger charge is -2.18. The first-order valence-electron chi connectivity index (χ1n) is 6.35. The second-order valence-corrected chi connectivity index (χ2v) is 6.09. The van der Waals surface area contributed by atoms with Gasteiger partial charge < -0.3 is 19.3 Å². The van der Waals surface area contributed by atoms with Gasteiger partial charge in [-0.1, -0.05) is 43.7 Å². The summed E-state index contributed by atoms with van der Waals surface area (Å²) in [6.07, 6.45) is -0.00555. The van der Waals surface area contributed by atoms with Crippen LogP contribution in [0.15, 0.2) is 30.3 Å². The Balaban J connectivity index is 2.84. The Bertz CT molecular complexity index is 529. The van der Waals surface area contributed by atoms with Crippen molar-refractivity contribution in [3.63, 3.8) is 0 Å². The summed E-state index contributed by atoms with van der Waals surface area (Å²) >= 11 is 0. The molecule has 0 aliphatic heterocycles. The highest BCUT2D eigenvalue weighted by Gasteiger charge is 2.43. The van der Waals surface area contributed by atoms with Crippen molar-refractivity contribution in [1.29, 1.82) is 0 Å². The minimum absolute atomic E-state index is 0.0401. The highest BCUT2D eigenvalue weighted by atomic mass is 31.2. The van der Waals surface area contributed by atoms with Gasteiger partial charge in [0.15, 0.2) is 5.66 Å². The van der Waals surface area contributed by atoms with Crippen molar-refractivity contribution in [3.05, 3.63) is 35.9 Å². The lowest BCUT2D eigenvalue weighted by Crippen LogP contribution is -2.16. The third-order valence-corrected chi connectivity index (χ3v) is 4.18. The molecular weight excluding hydrogens is 299 g/mol. The highest BCUT2D eigenvalue weighted by molar-refractivity contribution is 7.54. The van der Waals surface area contributed by atoms with Crippen LogP contribution in [0.2, 0.25) is 0 Å². The fourth-order valence-corrected chi connectivity index (χ4v) is 2.79. The van der Waals surface area contributed by atoms with Gasteiger partial charge >= 0.3 is 19.7 Å². The van der Waals surface area contributed by atoms with Gasteiger partial charge in [0.1, 0.15) is 0 Å². The molecule has 0 aliphatic carbocycles. The largest absolute Gasteiger partial charge is 0.514 e. The summed E-state index contributed by atoms with van der Waals surface area (Å²) in [6, 6.07) is 7.40. The van der Waals surface area contributed by atoms with Gasteiger partial charge in [0.2, 0.25) is 0 Å². The van der Waals surface area contributed by atoms with Crippen LogP contribution in [-0.2, 0) is 18.6 Å². The number of ether oxygens (including phenoxy) is 1. The van der Waals surface area contributed by atoms with Crippen molar-refractivity contribution in [2.45, 2.75) is 25.4 Å². The fraction of sp³-hybridized carbons (Fsp3) is 0.385. The number of hydrogen-bond acceptors (Lipinski definition) is 5. The Morgan fingerprint density at radius 1 is 1.29 bits per heavy atom. The standard InChI is InChI=1S/C13H17O7P/c1-2-3-9-19-13(16)20-21(17,18)11(12(14)15)10-7-5-4-6-8-10/h4-8,11H,2-3,9H2,1H3,(H,14,15)(H,17,18). The first-order valence-corrected chi connectivity index (χ1v) is 7.99. The maximum absolute atomic E-state index is 12.1. The quantitative estimate of drug-likeness (QED) is 0.452. The van der Waals surface area contributed by atoms with Gasteiger partial charge in [-0.15, -0.1) is 0 Å². The number of carboxylic acid groups (broad SMARTS) is 1. The van der Waals surface area contributed by atoms with E-state index in [1.807, 2.05) is 6.92 Å². The number of aliphatic carboxylic acids is 1. The van der Waals surface area contributed by atoms with E-state index in [1.165, 1.54) is 24.3 Å². The van der Waals surface area contributed by atoms with Gasteiger partial charge in [-0.2, -0.15) is 0 Å². The summed E-state index contributed by atoms with van der Waals surface area (Å²) in [4.78, 5) is 32.3. The van der Waals surface area contributed by atoms with Crippen LogP contribution in [0.3, 0.4) is 0 Å². The van der Waals surface area contributed by atoms with Crippen molar-refractivity contribution in [2.75, 3.05) is 6.61 Å². The molecule has 0 saturated carbocycles. The van der Waals surface area contributed by atoms with E-state index in [0.29, 0.717) is 6.42 Å². The van der Waals surface area contributed by atoms with Crippen LogP contribution >= 0.6 is 7.60 Å². The summed E-state index contributed by atoms with van der Waals surface area (Å²) in [5, 5.41) is 9.12. The molecule has 0 heterocycles. The maximum Gasteiger partial charge on any atom is 0.514 e. The van der Waals surface area contributed by atoms with E-state index in [0.717, 1.165) is 6.42 Å². The molecule has 2 unspecified atom stereocenters. The molecule has 2 N–H and O–H groups in total. The zero-order valence-electron chi connectivity index (χ0n) is 11.5. The average molecular weight is 316 g/mol. The van der Waals surface area contributed by atoms with Crippen molar-refractivity contribution >= 4 is 19.7 Å². The minimum atomic E-state index is -4.76. The van der Waals surface area contributed by atoms with Gasteiger partial charge in [0, 0.05) is 0 Å². The molecule has 0 amide bonds. The molecule has 0 aliphatic rings. The molecule has 1 aromatic rings. The third-order valence-electron chi connectivity index (χ3n) is 2.60. The van der Waals surface area contributed by atoms with Crippen LogP contribution in [-0.4, -0.2) is 28.7 Å². The molecule has 1 aromatic carbocycles. The summed E-state index contributed by atoms with van der Waals surface area (Å²) in [6.45, 7) is 1.92. The van der Waals surface area contributed by atoms with Gasteiger partial charge in [0.05, 0.1) is 6.61 Å². The second kappa shape index (κ2) is 7.81. The topological polar surface area (TPSA) is 110 Å². The monoisotopic (exact) mass is 316 g/mol. The Morgan fingerprint density at radius 3 is 2.43 bits per heavy atom. The SMILES string of the molecule is CCCCOC(=O)OP(=O)(O)C(C(=O)O)c1ccccc1. The Labute approximate surface area is 122 Å². The van der Waals surface area contributed by atoms with E-state index in [1.54, 1.807) is 6.07 Å². The first kappa shape index (κ1) is 17.2. The number of hydrogen-bond donors (Lipinski definition) is 2. The number of carbonyl (C=O) groups is 2. The van der Waals surface area contributed by atoms with Crippen molar-refractivity contribution in [3.8, 4) is 0 Å². The zero-order valence-corrected chi connectivity index (χ0v) is 12.4. The van der Waals surface area contributed by atoms with Gasteiger partial charge in [-0.25, -0.2) is 9.36 Å². The molecule has 116 valence electrons. The Kier molecular flexibility index (Phi) is 6.39. The number of unbranched alkanes of at least 4 members (excludes halogenated alkanes) is 1. The summed E-state index contributed by atoms with van der Waals surface area (Å²) < 4.78 is 21.0. The second-order valence-electron chi connectivity index (χ2n) is 4.26. The predicted molar refractivity (Wildman–Crippen MR) is 74.0 cm³/mol. The maximum atomic E-state index is 12.1. The smallest absolute Gasteiger partial charge is 0.480 e. The molecule has 1 rings (SSSR count). The zero-order chi connectivity index (χ0) is 15.9. The lowest BCUT2D eigenvalue weighted by atomic mass is 10.1. The average Bonchev–Trinajstić information content (AvgIpc) is 2.38. The summed E-state index contributed by atoms with van der Waals surface area (Å²) in [7, 11) is -4.76. The molecule has 0 fully saturated rings. The highest BCUT2D eigenvalue weighted by Crippen LogP contribution is 2.56. The summed E-state index contributed by atoms with van der Waals surface area (Å²) in [5.74, 6) is -1.56. The number of rotatable bonds is 7. The van der Waals surface area contributed by atoms with E-state index in [9.17, 15) is 19.0 Å². The van der Waals surface area contributed by atoms with Crippen LogP contribution in [0.25, 0.3) is 0 Å². The number of carbonyl (C=O) groups excluding carboxylic acids is 1. The van der Waals surface area contributed by atoms with E-state index in [2.05, 4.69) is 9.26 Å². The molecule has 0 spiro atoms. The lowest BCUT2D eigenvalue weighted by molar-refractivity contribution is -0.137. The van der Waals surface area contributed by atoms with E-state index < -0.39 is 25.4 Å². The first-order chi connectivity index (χ1) is 9.88. The summed E-state index contributed by atoms with van der Waals surface area (Å²) in [5.41, 5.74) is -1.78. The molecule has 0 aromatic heterocycles. The van der Waals surface area contributed by atoms with E-state index >= 15 is 0 Å². The van der Waals surface area contributed by atoms with Crippen LogP contribution < -0.4 is 0 Å². The van der Waals surface area contributed by atoms with Gasteiger partial charge in [-0.3, -0.25) is 4.79 Å². The van der Waals surface area contributed by atoms with Crippen molar-refractivity contribution < 1.29 is 33.4 Å². The predicted octanol–water partition coefficient (Wildman–Crippen LogP) is 2.95. The fourth-order valence-electron chi connectivity index (χ4n) is 1.59. The van der Waals surface area contributed by atoms with E-state index in [-0.39, 0.29) is 12.2 Å². The van der Waals surface area contributed by atoms with Crippen LogP contribution in [0.4, 0.5) is 4.79 Å². The van der Waals surface area contributed by atoms with Crippen LogP contribution in [0, 0.1) is 0 Å². The number of carboxylic acids is 1. The normalized spacial score (nSPS) is 14.8. The van der Waals surface area contributed by atoms with E-state index in [4.69, 9.17) is 5.11 Å². The van der Waals surface area contributed by atoms with Gasteiger partial charge in [-0.05, 0) is 12.0 Å². The molecule has 7 nitrogen and oxygen atoms in total. The number of benzene rings is 1. The van der Waals surface area contributed by atoms with Gasteiger partial charge in [0.25, 0.3) is 0 Å². The van der Waals surface area contributed by atoms with Crippen molar-refractivity contribution in [1.82, 2.24) is 0 Å². The molecular formula is C13H17O7P. The Hall–Kier alpha value is -1.85. The molecule has 0 radical (unpaired) electrons. The molecule has 21 heavy (non-hydrogen) atoms. The molecule has 0 saturated heterocycles. The third kappa shape index (κ3) is 5.21. The molecule has 2 atom stereocenters.